The molecule has 0 radical (unpaired) electrons. The number of hydrogen-bond acceptors (Lipinski definition) is 5. The topological polar surface area (TPSA) is 72.7 Å². The van der Waals surface area contributed by atoms with Crippen molar-refractivity contribution in [1.82, 2.24) is 19.7 Å². The predicted octanol–water partition coefficient (Wildman–Crippen LogP) is 4.43. The van der Waals surface area contributed by atoms with E-state index in [1.54, 1.807) is 0 Å². The van der Waals surface area contributed by atoms with E-state index in [-0.39, 0.29) is 11.2 Å². The molecule has 1 N–H and O–H groups in total. The van der Waals surface area contributed by atoms with Gasteiger partial charge in [0.2, 0.25) is 11.1 Å². The zero-order chi connectivity index (χ0) is 19.7. The molecule has 6 nitrogen and oxygen atoms in total. The van der Waals surface area contributed by atoms with E-state index >= 15 is 0 Å². The van der Waals surface area contributed by atoms with Gasteiger partial charge in [0.25, 0.3) is 0 Å². The van der Waals surface area contributed by atoms with Gasteiger partial charge in [0.15, 0.2) is 5.65 Å². The molecule has 0 unspecified atom stereocenters. The third-order valence-electron chi connectivity index (χ3n) is 4.61. The fourth-order valence-electron chi connectivity index (χ4n) is 3.24. The number of anilines is 1. The highest BCUT2D eigenvalue weighted by molar-refractivity contribution is 8.00. The molecule has 1 atom stereocenters. The quantitative estimate of drug-likeness (QED) is 0.510. The summed E-state index contributed by atoms with van der Waals surface area (Å²) in [6.45, 7) is 6.71. The molecule has 7 heteroatoms. The van der Waals surface area contributed by atoms with Crippen LogP contribution in [0.3, 0.4) is 0 Å². The smallest absolute Gasteiger partial charge is 0.237 e. The van der Waals surface area contributed by atoms with Crippen LogP contribution in [0.1, 0.15) is 19.4 Å². The van der Waals surface area contributed by atoms with Gasteiger partial charge in [-0.25, -0.2) is 4.98 Å². The second-order valence-corrected chi connectivity index (χ2v) is 7.95. The maximum atomic E-state index is 12.5. The van der Waals surface area contributed by atoms with Crippen LogP contribution in [0.5, 0.6) is 0 Å². The number of carbonyl (C=O) groups excluding carboxylic acids is 1. The van der Waals surface area contributed by atoms with Crippen LogP contribution in [-0.2, 0) is 11.3 Å². The molecule has 2 aromatic heterocycles. The minimum Gasteiger partial charge on any atom is -0.325 e. The first kappa shape index (κ1) is 18.4. The van der Waals surface area contributed by atoms with E-state index in [1.807, 2.05) is 56.3 Å². The number of fused-ring (bicyclic) bond motifs is 3. The highest BCUT2D eigenvalue weighted by Crippen LogP contribution is 2.28. The summed E-state index contributed by atoms with van der Waals surface area (Å²) in [5, 5.41) is 12.8. The van der Waals surface area contributed by atoms with E-state index in [2.05, 4.69) is 33.1 Å². The van der Waals surface area contributed by atoms with Gasteiger partial charge in [0.1, 0.15) is 5.52 Å². The van der Waals surface area contributed by atoms with E-state index in [1.165, 1.54) is 11.8 Å². The SMILES string of the molecule is CCn1c2ccccc2c2nnc(S[C@H](C)C(=O)Nc3cccc(C)c3)nc21. The van der Waals surface area contributed by atoms with Crippen molar-refractivity contribution in [3.63, 3.8) is 0 Å². The van der Waals surface area contributed by atoms with Gasteiger partial charge in [-0.2, -0.15) is 0 Å². The average Bonchev–Trinajstić information content (AvgIpc) is 3.00. The van der Waals surface area contributed by atoms with Crippen molar-refractivity contribution in [2.75, 3.05) is 5.32 Å². The Bertz CT molecular complexity index is 1170. The molecule has 0 aliphatic carbocycles. The van der Waals surface area contributed by atoms with Gasteiger partial charge in [-0.1, -0.05) is 42.1 Å². The summed E-state index contributed by atoms with van der Waals surface area (Å²) in [6, 6.07) is 15.8. The summed E-state index contributed by atoms with van der Waals surface area (Å²) in [5.74, 6) is -0.0877. The Labute approximate surface area is 167 Å². The van der Waals surface area contributed by atoms with Gasteiger partial charge < -0.3 is 9.88 Å². The molecule has 0 aliphatic heterocycles. The normalized spacial score (nSPS) is 12.4. The predicted molar refractivity (Wildman–Crippen MR) is 114 cm³/mol. The first-order valence-corrected chi connectivity index (χ1v) is 10.1. The third kappa shape index (κ3) is 3.45. The van der Waals surface area contributed by atoms with Crippen LogP contribution in [0.15, 0.2) is 53.7 Å². The fraction of sp³-hybridized carbons (Fsp3) is 0.238. The van der Waals surface area contributed by atoms with Crippen molar-refractivity contribution in [3.05, 3.63) is 54.1 Å². The highest BCUT2D eigenvalue weighted by Gasteiger charge is 2.19. The first-order chi connectivity index (χ1) is 13.6. The molecular formula is C21H21N5OS. The number of benzene rings is 2. The Morgan fingerprint density at radius 2 is 2.00 bits per heavy atom. The van der Waals surface area contributed by atoms with Crippen molar-refractivity contribution in [3.8, 4) is 0 Å². The fourth-order valence-corrected chi connectivity index (χ4v) is 3.95. The van der Waals surface area contributed by atoms with Crippen LogP contribution in [0.4, 0.5) is 5.69 Å². The monoisotopic (exact) mass is 391 g/mol. The lowest BCUT2D eigenvalue weighted by atomic mass is 10.2. The third-order valence-corrected chi connectivity index (χ3v) is 5.56. The van der Waals surface area contributed by atoms with Crippen molar-refractivity contribution in [2.45, 2.75) is 37.7 Å². The number of aryl methyl sites for hydroxylation is 2. The molecule has 0 saturated carbocycles. The number of nitrogens with zero attached hydrogens (tertiary/aromatic N) is 4. The van der Waals surface area contributed by atoms with E-state index in [4.69, 9.17) is 4.98 Å². The highest BCUT2D eigenvalue weighted by atomic mass is 32.2. The van der Waals surface area contributed by atoms with E-state index < -0.39 is 0 Å². The van der Waals surface area contributed by atoms with Crippen molar-refractivity contribution in [1.29, 1.82) is 0 Å². The minimum atomic E-state index is -0.348. The largest absolute Gasteiger partial charge is 0.325 e. The maximum Gasteiger partial charge on any atom is 0.237 e. The van der Waals surface area contributed by atoms with Gasteiger partial charge in [0.05, 0.1) is 10.8 Å². The lowest BCUT2D eigenvalue weighted by Gasteiger charge is -2.11. The Balaban J connectivity index is 1.59. The Hall–Kier alpha value is -2.93. The molecule has 0 spiro atoms. The summed E-state index contributed by atoms with van der Waals surface area (Å²) in [7, 11) is 0. The standard InChI is InChI=1S/C21H21N5OS/c1-4-26-17-11-6-5-10-16(17)18-19(26)23-21(25-24-18)28-14(3)20(27)22-15-9-7-8-13(2)12-15/h5-12,14H,4H2,1-3H3,(H,22,27)/t14-/m1/s1. The molecule has 1 amide bonds. The average molecular weight is 392 g/mol. The number of para-hydroxylation sites is 1. The molecule has 4 aromatic rings. The number of hydrogen-bond donors (Lipinski definition) is 1. The number of carbonyl (C=O) groups is 1. The first-order valence-electron chi connectivity index (χ1n) is 9.22. The Morgan fingerprint density at radius 3 is 2.79 bits per heavy atom. The molecule has 0 aliphatic rings. The molecule has 2 aromatic carbocycles. The van der Waals surface area contributed by atoms with Crippen LogP contribution in [-0.4, -0.2) is 30.9 Å². The molecule has 142 valence electrons. The lowest BCUT2D eigenvalue weighted by Crippen LogP contribution is -2.22. The molecular weight excluding hydrogens is 370 g/mol. The van der Waals surface area contributed by atoms with Crippen molar-refractivity contribution >= 4 is 45.4 Å². The zero-order valence-corrected chi connectivity index (χ0v) is 16.8. The van der Waals surface area contributed by atoms with Crippen LogP contribution >= 0.6 is 11.8 Å². The second kappa shape index (κ2) is 7.59. The Kier molecular flexibility index (Phi) is 5.00. The zero-order valence-electron chi connectivity index (χ0n) is 16.0. The Morgan fingerprint density at radius 1 is 1.18 bits per heavy atom. The summed E-state index contributed by atoms with van der Waals surface area (Å²) >= 11 is 1.31. The summed E-state index contributed by atoms with van der Waals surface area (Å²) < 4.78 is 2.13. The van der Waals surface area contributed by atoms with Crippen LogP contribution < -0.4 is 5.32 Å². The molecule has 28 heavy (non-hydrogen) atoms. The van der Waals surface area contributed by atoms with Gasteiger partial charge in [-0.3, -0.25) is 4.79 Å². The number of rotatable bonds is 5. The lowest BCUT2D eigenvalue weighted by molar-refractivity contribution is -0.115. The van der Waals surface area contributed by atoms with Gasteiger partial charge in [-0.05, 0) is 44.5 Å². The van der Waals surface area contributed by atoms with Gasteiger partial charge in [-0.15, -0.1) is 10.2 Å². The number of amides is 1. The minimum absolute atomic E-state index is 0.0877. The van der Waals surface area contributed by atoms with Gasteiger partial charge in [0, 0.05) is 17.6 Å². The van der Waals surface area contributed by atoms with Crippen LogP contribution in [0, 0.1) is 6.92 Å². The second-order valence-electron chi connectivity index (χ2n) is 6.65. The number of thioether (sulfide) groups is 1. The number of aromatic nitrogens is 4. The molecule has 0 bridgehead atoms. The van der Waals surface area contributed by atoms with Crippen molar-refractivity contribution in [2.24, 2.45) is 0 Å². The van der Waals surface area contributed by atoms with E-state index in [0.717, 1.165) is 39.9 Å². The van der Waals surface area contributed by atoms with E-state index in [0.29, 0.717) is 5.16 Å². The van der Waals surface area contributed by atoms with Crippen LogP contribution in [0.2, 0.25) is 0 Å². The summed E-state index contributed by atoms with van der Waals surface area (Å²) in [6.07, 6.45) is 0. The van der Waals surface area contributed by atoms with Crippen molar-refractivity contribution < 1.29 is 4.79 Å². The molecule has 0 fully saturated rings. The van der Waals surface area contributed by atoms with Gasteiger partial charge >= 0.3 is 0 Å². The molecule has 4 rings (SSSR count). The number of nitrogens with one attached hydrogen (secondary N) is 1. The van der Waals surface area contributed by atoms with E-state index in [9.17, 15) is 4.79 Å². The molecule has 0 saturated heterocycles. The van der Waals surface area contributed by atoms with Crippen LogP contribution in [0.25, 0.3) is 22.1 Å². The molecule has 2 heterocycles. The summed E-state index contributed by atoms with van der Waals surface area (Å²) in [5.41, 5.74) is 4.57. The summed E-state index contributed by atoms with van der Waals surface area (Å²) in [4.78, 5) is 17.2. The maximum absolute atomic E-state index is 12.5.